The minimum absolute atomic E-state index is 0.0323. The van der Waals surface area contributed by atoms with Crippen LogP contribution in [0.25, 0.3) is 16.8 Å². The number of hydrogen-bond acceptors (Lipinski definition) is 4. The summed E-state index contributed by atoms with van der Waals surface area (Å²) in [6.07, 6.45) is -9.59. The third-order valence-corrected chi connectivity index (χ3v) is 3.60. The average Bonchev–Trinajstić information content (AvgIpc) is 2.99. The Hall–Kier alpha value is -2.82. The van der Waals surface area contributed by atoms with E-state index in [-0.39, 0.29) is 17.9 Å². The molecule has 2 heterocycles. The number of ether oxygens (including phenoxy) is 2. The molecule has 0 bridgehead atoms. The Labute approximate surface area is 148 Å². The van der Waals surface area contributed by atoms with E-state index in [4.69, 9.17) is 4.74 Å². The number of nitrogens with zero attached hydrogens (tertiary/aromatic N) is 3. The molecule has 0 N–H and O–H groups in total. The Bertz CT molecular complexity index is 948. The predicted molar refractivity (Wildman–Crippen MR) is 80.8 cm³/mol. The lowest BCUT2D eigenvalue weighted by atomic mass is 10.0. The van der Waals surface area contributed by atoms with Gasteiger partial charge in [0.25, 0.3) is 0 Å². The van der Waals surface area contributed by atoms with Crippen LogP contribution in [0, 0.1) is 0 Å². The van der Waals surface area contributed by atoms with Crippen molar-refractivity contribution in [3.8, 4) is 16.9 Å². The summed E-state index contributed by atoms with van der Waals surface area (Å²) in [6, 6.07) is 7.58. The van der Waals surface area contributed by atoms with Crippen LogP contribution in [0.15, 0.2) is 36.4 Å². The Morgan fingerprint density at radius 3 is 2.15 bits per heavy atom. The van der Waals surface area contributed by atoms with Crippen LogP contribution >= 0.6 is 0 Å². The predicted octanol–water partition coefficient (Wildman–Crippen LogP) is 4.46. The molecular formula is C16H11F6N3O2. The van der Waals surface area contributed by atoms with Gasteiger partial charge in [0.05, 0.1) is 12.3 Å². The first-order valence-corrected chi connectivity index (χ1v) is 7.39. The first-order valence-electron chi connectivity index (χ1n) is 7.39. The standard InChI is InChI=1S/C16H11F6N3O2/c1-26-8-12-11(9-2-4-10(5-3-9)27-16(20,21)22)6-7-13-23-24-14(25(12)13)15(17,18)19/h2-7H,8H2,1H3. The number of hydrogen-bond donors (Lipinski definition) is 0. The van der Waals surface area contributed by atoms with Crippen molar-refractivity contribution in [3.63, 3.8) is 0 Å². The second-order valence-corrected chi connectivity index (χ2v) is 5.41. The maximum atomic E-state index is 13.2. The fraction of sp³-hybridized carbons (Fsp3) is 0.250. The molecule has 0 fully saturated rings. The van der Waals surface area contributed by atoms with Gasteiger partial charge >= 0.3 is 12.5 Å². The highest BCUT2D eigenvalue weighted by Gasteiger charge is 2.38. The lowest BCUT2D eigenvalue weighted by Gasteiger charge is -2.15. The minimum Gasteiger partial charge on any atom is -0.406 e. The maximum absolute atomic E-state index is 13.2. The monoisotopic (exact) mass is 391 g/mol. The van der Waals surface area contributed by atoms with Gasteiger partial charge in [-0.15, -0.1) is 23.4 Å². The molecule has 2 aromatic heterocycles. The lowest BCUT2D eigenvalue weighted by molar-refractivity contribution is -0.274. The number of benzene rings is 1. The molecule has 0 unspecified atom stereocenters. The van der Waals surface area contributed by atoms with Gasteiger partial charge in [0, 0.05) is 12.7 Å². The van der Waals surface area contributed by atoms with Crippen molar-refractivity contribution in [2.24, 2.45) is 0 Å². The molecule has 27 heavy (non-hydrogen) atoms. The Kier molecular flexibility index (Phi) is 4.72. The summed E-state index contributed by atoms with van der Waals surface area (Å²) in [7, 11) is 1.31. The third kappa shape index (κ3) is 3.97. The number of alkyl halides is 6. The molecule has 0 saturated carbocycles. The molecule has 0 radical (unpaired) electrons. The van der Waals surface area contributed by atoms with E-state index in [1.807, 2.05) is 0 Å². The van der Waals surface area contributed by atoms with E-state index in [2.05, 4.69) is 14.9 Å². The van der Waals surface area contributed by atoms with Gasteiger partial charge in [-0.05, 0) is 29.8 Å². The number of aromatic nitrogens is 3. The van der Waals surface area contributed by atoms with Crippen LogP contribution in [0.5, 0.6) is 5.75 Å². The number of pyridine rings is 1. The first kappa shape index (κ1) is 19.0. The summed E-state index contributed by atoms with van der Waals surface area (Å²) in [5.74, 6) is -1.66. The Morgan fingerprint density at radius 1 is 0.926 bits per heavy atom. The molecule has 0 saturated heterocycles. The van der Waals surface area contributed by atoms with Gasteiger partial charge in [-0.3, -0.25) is 4.40 Å². The smallest absolute Gasteiger partial charge is 0.406 e. The lowest BCUT2D eigenvalue weighted by Crippen LogP contribution is -2.17. The van der Waals surface area contributed by atoms with E-state index in [0.717, 1.165) is 16.5 Å². The fourth-order valence-corrected chi connectivity index (χ4v) is 2.61. The highest BCUT2D eigenvalue weighted by atomic mass is 19.4. The average molecular weight is 391 g/mol. The zero-order chi connectivity index (χ0) is 19.8. The van der Waals surface area contributed by atoms with Gasteiger partial charge in [-0.25, -0.2) is 0 Å². The van der Waals surface area contributed by atoms with Crippen LogP contribution in [0.3, 0.4) is 0 Å². The molecule has 3 aromatic rings. The quantitative estimate of drug-likeness (QED) is 0.617. The zero-order valence-corrected chi connectivity index (χ0v) is 13.6. The molecule has 0 aliphatic heterocycles. The number of fused-ring (bicyclic) bond motifs is 1. The van der Waals surface area contributed by atoms with Gasteiger partial charge in [-0.1, -0.05) is 12.1 Å². The summed E-state index contributed by atoms with van der Waals surface area (Å²) >= 11 is 0. The molecular weight excluding hydrogens is 380 g/mol. The van der Waals surface area contributed by atoms with E-state index in [0.29, 0.717) is 11.1 Å². The Balaban J connectivity index is 2.12. The molecule has 0 atom stereocenters. The van der Waals surface area contributed by atoms with Crippen LogP contribution in [-0.4, -0.2) is 28.1 Å². The maximum Gasteiger partial charge on any atom is 0.573 e. The second kappa shape index (κ2) is 6.72. The molecule has 0 aliphatic carbocycles. The van der Waals surface area contributed by atoms with E-state index in [1.54, 1.807) is 0 Å². The Morgan fingerprint density at radius 2 is 1.59 bits per heavy atom. The van der Waals surface area contributed by atoms with E-state index in [9.17, 15) is 26.3 Å². The van der Waals surface area contributed by atoms with Crippen LogP contribution in [0.1, 0.15) is 11.5 Å². The SMILES string of the molecule is COCc1c(-c2ccc(OC(F)(F)F)cc2)ccc2nnc(C(F)(F)F)n12. The number of methoxy groups -OCH3 is 1. The van der Waals surface area contributed by atoms with Crippen molar-refractivity contribution >= 4 is 5.65 Å². The second-order valence-electron chi connectivity index (χ2n) is 5.41. The van der Waals surface area contributed by atoms with Crippen molar-refractivity contribution in [1.82, 2.24) is 14.6 Å². The van der Waals surface area contributed by atoms with Crippen LogP contribution < -0.4 is 4.74 Å². The summed E-state index contributed by atoms with van der Waals surface area (Å²) in [4.78, 5) is 0. The van der Waals surface area contributed by atoms with E-state index >= 15 is 0 Å². The minimum atomic E-state index is -4.84. The van der Waals surface area contributed by atoms with Gasteiger partial charge < -0.3 is 9.47 Å². The number of rotatable bonds is 4. The van der Waals surface area contributed by atoms with Crippen molar-refractivity contribution in [1.29, 1.82) is 0 Å². The molecule has 0 spiro atoms. The highest BCUT2D eigenvalue weighted by molar-refractivity contribution is 5.69. The molecule has 3 rings (SSSR count). The van der Waals surface area contributed by atoms with Gasteiger partial charge in [-0.2, -0.15) is 13.2 Å². The summed E-state index contributed by atoms with van der Waals surface area (Å²) in [6.45, 7) is -0.200. The molecule has 11 heteroatoms. The summed E-state index contributed by atoms with van der Waals surface area (Å²) in [5.41, 5.74) is 0.778. The molecule has 5 nitrogen and oxygen atoms in total. The van der Waals surface area contributed by atoms with Crippen molar-refractivity contribution in [3.05, 3.63) is 47.9 Å². The van der Waals surface area contributed by atoms with E-state index in [1.165, 1.54) is 31.4 Å². The largest absolute Gasteiger partial charge is 0.573 e. The van der Waals surface area contributed by atoms with Crippen LogP contribution in [0.4, 0.5) is 26.3 Å². The fourth-order valence-electron chi connectivity index (χ4n) is 2.61. The van der Waals surface area contributed by atoms with Crippen molar-refractivity contribution < 1.29 is 35.8 Å². The van der Waals surface area contributed by atoms with Crippen molar-refractivity contribution in [2.75, 3.05) is 7.11 Å². The molecule has 1 aromatic carbocycles. The first-order chi connectivity index (χ1) is 12.6. The third-order valence-electron chi connectivity index (χ3n) is 3.60. The highest BCUT2D eigenvalue weighted by Crippen LogP contribution is 2.33. The molecule has 0 amide bonds. The normalized spacial score (nSPS) is 12.6. The number of halogens is 6. The van der Waals surface area contributed by atoms with Gasteiger partial charge in [0.2, 0.25) is 5.82 Å². The van der Waals surface area contributed by atoms with E-state index < -0.39 is 24.1 Å². The van der Waals surface area contributed by atoms with Gasteiger partial charge in [0.1, 0.15) is 5.75 Å². The molecule has 144 valence electrons. The zero-order valence-electron chi connectivity index (χ0n) is 13.6. The summed E-state index contributed by atoms with van der Waals surface area (Å²) < 4.78 is 86.1. The van der Waals surface area contributed by atoms with Gasteiger partial charge in [0.15, 0.2) is 5.65 Å². The van der Waals surface area contributed by atoms with Crippen molar-refractivity contribution in [2.45, 2.75) is 19.1 Å². The van der Waals surface area contributed by atoms with Crippen LogP contribution in [-0.2, 0) is 17.5 Å². The topological polar surface area (TPSA) is 48.7 Å². The summed E-state index contributed by atoms with van der Waals surface area (Å²) in [5, 5.41) is 6.70. The van der Waals surface area contributed by atoms with Crippen LogP contribution in [0.2, 0.25) is 0 Å². The molecule has 0 aliphatic rings.